The molecular formula is C25H22N2O3. The van der Waals surface area contributed by atoms with Crippen LogP contribution in [-0.4, -0.2) is 18.7 Å². The predicted molar refractivity (Wildman–Crippen MR) is 119 cm³/mol. The van der Waals surface area contributed by atoms with Crippen molar-refractivity contribution >= 4 is 23.4 Å². The molecule has 5 heteroatoms. The van der Waals surface area contributed by atoms with E-state index < -0.39 is 0 Å². The molecule has 0 fully saturated rings. The standard InChI is InChI=1S/C25H22N2O3/c1-18-22(25(28)27(26-18)21-11-7-4-8-12-21)15-20-13-14-23(29-2)24(16-20)30-17-19-9-5-3-6-10-19/h3-16H,17H2,1-2H3/b22-15+. The molecule has 1 aliphatic rings. The second kappa shape index (κ2) is 8.66. The van der Waals surface area contributed by atoms with Crippen LogP contribution in [0.25, 0.3) is 6.08 Å². The van der Waals surface area contributed by atoms with E-state index in [0.29, 0.717) is 29.4 Å². The second-order valence-electron chi connectivity index (χ2n) is 6.88. The average Bonchev–Trinajstić information content (AvgIpc) is 3.07. The Morgan fingerprint density at radius 1 is 0.933 bits per heavy atom. The number of anilines is 1. The van der Waals surface area contributed by atoms with Gasteiger partial charge >= 0.3 is 0 Å². The first kappa shape index (κ1) is 19.5. The largest absolute Gasteiger partial charge is 0.493 e. The number of hydrogen-bond donors (Lipinski definition) is 0. The number of carbonyl (C=O) groups is 1. The van der Waals surface area contributed by atoms with Crippen molar-refractivity contribution in [1.29, 1.82) is 0 Å². The lowest BCUT2D eigenvalue weighted by molar-refractivity contribution is -0.114. The highest BCUT2D eigenvalue weighted by Crippen LogP contribution is 2.31. The highest BCUT2D eigenvalue weighted by Gasteiger charge is 2.28. The Morgan fingerprint density at radius 2 is 1.63 bits per heavy atom. The molecular weight excluding hydrogens is 376 g/mol. The molecule has 1 heterocycles. The van der Waals surface area contributed by atoms with Crippen molar-refractivity contribution in [2.45, 2.75) is 13.5 Å². The third kappa shape index (κ3) is 4.10. The van der Waals surface area contributed by atoms with Gasteiger partial charge in [0.1, 0.15) is 6.61 Å². The summed E-state index contributed by atoms with van der Waals surface area (Å²) in [7, 11) is 1.61. The quantitative estimate of drug-likeness (QED) is 0.544. The van der Waals surface area contributed by atoms with Gasteiger partial charge in [-0.15, -0.1) is 0 Å². The van der Waals surface area contributed by atoms with Gasteiger partial charge in [0.05, 0.1) is 24.1 Å². The Balaban J connectivity index is 1.59. The van der Waals surface area contributed by atoms with Gasteiger partial charge < -0.3 is 9.47 Å². The van der Waals surface area contributed by atoms with E-state index in [0.717, 1.165) is 16.8 Å². The molecule has 0 bridgehead atoms. The van der Waals surface area contributed by atoms with Crippen LogP contribution in [0.1, 0.15) is 18.1 Å². The van der Waals surface area contributed by atoms with Crippen molar-refractivity contribution < 1.29 is 14.3 Å². The Bertz CT molecular complexity index is 1110. The Kier molecular flexibility index (Phi) is 5.61. The smallest absolute Gasteiger partial charge is 0.280 e. The summed E-state index contributed by atoms with van der Waals surface area (Å²) >= 11 is 0. The number of rotatable bonds is 6. The average molecular weight is 398 g/mol. The van der Waals surface area contributed by atoms with E-state index in [1.807, 2.05) is 91.9 Å². The van der Waals surface area contributed by atoms with Crippen molar-refractivity contribution in [2.24, 2.45) is 5.10 Å². The molecule has 0 aromatic heterocycles. The van der Waals surface area contributed by atoms with Gasteiger partial charge in [-0.3, -0.25) is 4.79 Å². The maximum absolute atomic E-state index is 12.9. The van der Waals surface area contributed by atoms with E-state index in [4.69, 9.17) is 9.47 Å². The normalized spacial score (nSPS) is 14.7. The molecule has 3 aromatic carbocycles. The van der Waals surface area contributed by atoms with E-state index in [2.05, 4.69) is 5.10 Å². The number of hydrazone groups is 1. The molecule has 0 saturated carbocycles. The van der Waals surface area contributed by atoms with Crippen molar-refractivity contribution in [1.82, 2.24) is 0 Å². The van der Waals surface area contributed by atoms with E-state index >= 15 is 0 Å². The van der Waals surface area contributed by atoms with Crippen LogP contribution in [0.5, 0.6) is 11.5 Å². The number of para-hydroxylation sites is 1. The molecule has 150 valence electrons. The maximum Gasteiger partial charge on any atom is 0.280 e. The monoisotopic (exact) mass is 398 g/mol. The van der Waals surface area contributed by atoms with Crippen LogP contribution < -0.4 is 14.5 Å². The number of amides is 1. The fourth-order valence-corrected chi connectivity index (χ4v) is 3.23. The molecule has 1 amide bonds. The zero-order chi connectivity index (χ0) is 20.9. The van der Waals surface area contributed by atoms with Crippen LogP contribution in [-0.2, 0) is 11.4 Å². The summed E-state index contributed by atoms with van der Waals surface area (Å²) in [6, 6.07) is 24.9. The molecule has 0 N–H and O–H groups in total. The molecule has 0 aliphatic carbocycles. The molecule has 0 unspecified atom stereocenters. The van der Waals surface area contributed by atoms with E-state index in [1.165, 1.54) is 5.01 Å². The minimum absolute atomic E-state index is 0.152. The summed E-state index contributed by atoms with van der Waals surface area (Å²) < 4.78 is 11.4. The fraction of sp³-hybridized carbons (Fsp3) is 0.120. The van der Waals surface area contributed by atoms with Gasteiger partial charge in [0.2, 0.25) is 0 Å². The van der Waals surface area contributed by atoms with Gasteiger partial charge in [0, 0.05) is 0 Å². The molecule has 4 rings (SSSR count). The molecule has 0 spiro atoms. The number of ether oxygens (including phenoxy) is 2. The van der Waals surface area contributed by atoms with Crippen LogP contribution in [0.2, 0.25) is 0 Å². The Hall–Kier alpha value is -3.86. The maximum atomic E-state index is 12.9. The third-order valence-electron chi connectivity index (χ3n) is 4.80. The van der Waals surface area contributed by atoms with Crippen LogP contribution in [0.15, 0.2) is 89.5 Å². The van der Waals surface area contributed by atoms with Crippen molar-refractivity contribution in [3.63, 3.8) is 0 Å². The lowest BCUT2D eigenvalue weighted by Crippen LogP contribution is -2.21. The predicted octanol–water partition coefficient (Wildman–Crippen LogP) is 5.08. The second-order valence-corrected chi connectivity index (χ2v) is 6.88. The number of methoxy groups -OCH3 is 1. The van der Waals surface area contributed by atoms with Gasteiger partial charge in [0.25, 0.3) is 5.91 Å². The van der Waals surface area contributed by atoms with Crippen molar-refractivity contribution in [3.8, 4) is 11.5 Å². The van der Waals surface area contributed by atoms with Gasteiger partial charge in [-0.05, 0) is 48.4 Å². The molecule has 0 radical (unpaired) electrons. The Labute approximate surface area is 175 Å². The third-order valence-corrected chi connectivity index (χ3v) is 4.80. The summed E-state index contributed by atoms with van der Waals surface area (Å²) in [5.74, 6) is 1.11. The topological polar surface area (TPSA) is 51.1 Å². The number of hydrogen-bond acceptors (Lipinski definition) is 4. The van der Waals surface area contributed by atoms with Crippen molar-refractivity contribution in [3.05, 3.63) is 95.6 Å². The zero-order valence-electron chi connectivity index (χ0n) is 16.9. The van der Waals surface area contributed by atoms with E-state index in [1.54, 1.807) is 7.11 Å². The van der Waals surface area contributed by atoms with Crippen LogP contribution in [0, 0.1) is 0 Å². The van der Waals surface area contributed by atoms with Crippen LogP contribution >= 0.6 is 0 Å². The minimum atomic E-state index is -0.152. The summed E-state index contributed by atoms with van der Waals surface area (Å²) in [5.41, 5.74) is 3.87. The van der Waals surface area contributed by atoms with Crippen LogP contribution in [0.4, 0.5) is 5.69 Å². The van der Waals surface area contributed by atoms with Gasteiger partial charge in [0.15, 0.2) is 11.5 Å². The molecule has 0 atom stereocenters. The number of benzene rings is 3. The Morgan fingerprint density at radius 3 is 2.33 bits per heavy atom. The van der Waals surface area contributed by atoms with Gasteiger partial charge in [-0.1, -0.05) is 54.6 Å². The van der Waals surface area contributed by atoms with Gasteiger partial charge in [-0.25, -0.2) is 0 Å². The lowest BCUT2D eigenvalue weighted by atomic mass is 10.1. The lowest BCUT2D eigenvalue weighted by Gasteiger charge is -2.12. The van der Waals surface area contributed by atoms with Crippen molar-refractivity contribution in [2.75, 3.05) is 12.1 Å². The highest BCUT2D eigenvalue weighted by atomic mass is 16.5. The highest BCUT2D eigenvalue weighted by molar-refractivity contribution is 6.32. The molecule has 3 aromatic rings. The van der Waals surface area contributed by atoms with E-state index in [-0.39, 0.29) is 5.91 Å². The number of nitrogens with zero attached hydrogens (tertiary/aromatic N) is 2. The van der Waals surface area contributed by atoms with Gasteiger partial charge in [-0.2, -0.15) is 10.1 Å². The summed E-state index contributed by atoms with van der Waals surface area (Å²) in [6.45, 7) is 2.27. The summed E-state index contributed by atoms with van der Waals surface area (Å²) in [6.07, 6.45) is 1.83. The molecule has 30 heavy (non-hydrogen) atoms. The molecule has 5 nitrogen and oxygen atoms in total. The first-order valence-corrected chi connectivity index (χ1v) is 9.67. The molecule has 1 aliphatic heterocycles. The molecule has 0 saturated heterocycles. The summed E-state index contributed by atoms with van der Waals surface area (Å²) in [4.78, 5) is 12.9. The number of carbonyl (C=O) groups excluding carboxylic acids is 1. The first-order valence-electron chi connectivity index (χ1n) is 9.67. The minimum Gasteiger partial charge on any atom is -0.493 e. The summed E-state index contributed by atoms with van der Waals surface area (Å²) in [5, 5.41) is 5.85. The van der Waals surface area contributed by atoms with Crippen LogP contribution in [0.3, 0.4) is 0 Å². The first-order chi connectivity index (χ1) is 14.7. The zero-order valence-corrected chi connectivity index (χ0v) is 16.9. The fourth-order valence-electron chi connectivity index (χ4n) is 3.23. The SMILES string of the molecule is COc1ccc(/C=C2/C(=O)N(c3ccccc3)N=C2C)cc1OCc1ccccc1. The van der Waals surface area contributed by atoms with E-state index in [9.17, 15) is 4.79 Å².